The summed E-state index contributed by atoms with van der Waals surface area (Å²) in [6.45, 7) is 1.91. The number of hydrogen-bond acceptors (Lipinski definition) is 6. The third-order valence-electron chi connectivity index (χ3n) is 7.44. The topological polar surface area (TPSA) is 84.4 Å². The van der Waals surface area contributed by atoms with E-state index in [1.165, 1.54) is 6.07 Å². The van der Waals surface area contributed by atoms with Gasteiger partial charge in [-0.15, -0.1) is 5.10 Å². The van der Waals surface area contributed by atoms with Gasteiger partial charge in [-0.25, -0.2) is 17.5 Å². The lowest BCUT2D eigenvalue weighted by molar-refractivity contribution is -0.00217. The molecule has 1 aromatic heterocycles. The number of rotatable bonds is 8. The molecule has 0 amide bonds. The molecule has 1 aliphatic heterocycles. The Morgan fingerprint density at radius 2 is 1.88 bits per heavy atom. The number of halogens is 1. The molecule has 184 valence electrons. The van der Waals surface area contributed by atoms with Gasteiger partial charge in [-0.3, -0.25) is 0 Å². The van der Waals surface area contributed by atoms with E-state index in [9.17, 15) is 12.8 Å². The summed E-state index contributed by atoms with van der Waals surface area (Å²) in [6.07, 6.45) is 7.83. The Bertz CT molecular complexity index is 1060. The second-order valence-electron chi connectivity index (χ2n) is 9.91. The second kappa shape index (κ2) is 10.3. The number of sulfonamides is 1. The lowest BCUT2D eigenvalue weighted by Gasteiger charge is -2.40. The zero-order valence-corrected chi connectivity index (χ0v) is 20.2. The number of anilines is 1. The molecule has 3 fully saturated rings. The van der Waals surface area contributed by atoms with Crippen molar-refractivity contribution in [1.29, 1.82) is 0 Å². The Kier molecular flexibility index (Phi) is 7.13. The Labute approximate surface area is 201 Å². The molecule has 3 aliphatic rings. The van der Waals surface area contributed by atoms with E-state index in [0.29, 0.717) is 25.5 Å². The Morgan fingerprint density at radius 3 is 2.59 bits per heavy atom. The zero-order valence-electron chi connectivity index (χ0n) is 19.4. The highest BCUT2D eigenvalue weighted by atomic mass is 32.2. The lowest BCUT2D eigenvalue weighted by atomic mass is 9.82. The van der Waals surface area contributed by atoms with Gasteiger partial charge in [0, 0.05) is 31.2 Å². The van der Waals surface area contributed by atoms with Crippen molar-refractivity contribution in [2.45, 2.75) is 68.3 Å². The molecule has 9 heteroatoms. The van der Waals surface area contributed by atoms with Crippen LogP contribution >= 0.6 is 0 Å². The van der Waals surface area contributed by atoms with E-state index in [4.69, 9.17) is 4.74 Å². The van der Waals surface area contributed by atoms with E-state index in [1.54, 1.807) is 18.3 Å². The normalized spacial score (nSPS) is 28.1. The largest absolute Gasteiger partial charge is 0.378 e. The molecule has 1 saturated heterocycles. The minimum absolute atomic E-state index is 0.0326. The van der Waals surface area contributed by atoms with E-state index in [1.807, 2.05) is 18.2 Å². The van der Waals surface area contributed by atoms with Gasteiger partial charge in [0.25, 0.3) is 0 Å². The van der Waals surface area contributed by atoms with Crippen LogP contribution in [0.25, 0.3) is 0 Å². The summed E-state index contributed by atoms with van der Waals surface area (Å²) in [5, 5.41) is 8.00. The molecule has 2 aromatic rings. The highest BCUT2D eigenvalue weighted by molar-refractivity contribution is 7.90. The van der Waals surface area contributed by atoms with Gasteiger partial charge < -0.3 is 9.64 Å². The maximum absolute atomic E-state index is 13.6. The summed E-state index contributed by atoms with van der Waals surface area (Å²) in [4.78, 5) is 2.17. The van der Waals surface area contributed by atoms with E-state index < -0.39 is 10.0 Å². The number of nitrogens with zero attached hydrogens (tertiary/aromatic N) is 3. The fraction of sp³-hybridized carbons (Fsp3) is 0.600. The molecule has 1 N–H and O–H groups in total. The van der Waals surface area contributed by atoms with Crippen molar-refractivity contribution < 1.29 is 17.5 Å². The van der Waals surface area contributed by atoms with E-state index in [2.05, 4.69) is 19.8 Å². The third kappa shape index (κ3) is 5.75. The first kappa shape index (κ1) is 23.6. The van der Waals surface area contributed by atoms with Gasteiger partial charge in [-0.2, -0.15) is 5.10 Å². The molecular formula is C25H33FN4O3S. The molecule has 7 nitrogen and oxygen atoms in total. The molecule has 2 atom stereocenters. The van der Waals surface area contributed by atoms with Gasteiger partial charge >= 0.3 is 0 Å². The third-order valence-corrected chi connectivity index (χ3v) is 9.42. The fourth-order valence-electron chi connectivity index (χ4n) is 5.29. The fourth-order valence-corrected chi connectivity index (χ4v) is 6.98. The molecule has 34 heavy (non-hydrogen) atoms. The lowest BCUT2D eigenvalue weighted by Crippen LogP contribution is -2.53. The van der Waals surface area contributed by atoms with Crippen LogP contribution in [0.2, 0.25) is 0 Å². The molecule has 2 aliphatic carbocycles. The SMILES string of the molecule is O=S(=O)(N[C@H]1CCN(c2cccnn2)C[C@H]1COC1CCC(c2cccc(F)c2)CC1)C1CC1. The van der Waals surface area contributed by atoms with Gasteiger partial charge in [-0.05, 0) is 80.7 Å². The first-order valence-electron chi connectivity index (χ1n) is 12.4. The highest BCUT2D eigenvalue weighted by Crippen LogP contribution is 2.35. The van der Waals surface area contributed by atoms with Crippen molar-refractivity contribution >= 4 is 15.8 Å². The van der Waals surface area contributed by atoms with Gasteiger partial charge in [0.1, 0.15) is 5.82 Å². The van der Waals surface area contributed by atoms with E-state index >= 15 is 0 Å². The van der Waals surface area contributed by atoms with Crippen molar-refractivity contribution in [2.24, 2.45) is 5.92 Å². The van der Waals surface area contributed by atoms with Crippen molar-refractivity contribution in [3.8, 4) is 0 Å². The van der Waals surface area contributed by atoms with E-state index in [-0.39, 0.29) is 29.1 Å². The van der Waals surface area contributed by atoms with Gasteiger partial charge in [-0.1, -0.05) is 12.1 Å². The number of benzene rings is 1. The van der Waals surface area contributed by atoms with Crippen LogP contribution in [0.3, 0.4) is 0 Å². The van der Waals surface area contributed by atoms with Crippen LogP contribution in [0, 0.1) is 11.7 Å². The predicted octanol–water partition coefficient (Wildman–Crippen LogP) is 3.64. The highest BCUT2D eigenvalue weighted by Gasteiger charge is 2.40. The summed E-state index contributed by atoms with van der Waals surface area (Å²) in [5.41, 5.74) is 1.07. The first-order chi connectivity index (χ1) is 16.5. The maximum Gasteiger partial charge on any atom is 0.214 e. The molecule has 1 aromatic carbocycles. The summed E-state index contributed by atoms with van der Waals surface area (Å²) in [5.74, 6) is 1.04. The van der Waals surface area contributed by atoms with Gasteiger partial charge in [0.2, 0.25) is 10.0 Å². The number of nitrogens with one attached hydrogen (secondary N) is 1. The Morgan fingerprint density at radius 1 is 1.06 bits per heavy atom. The minimum Gasteiger partial charge on any atom is -0.378 e. The average Bonchev–Trinajstić information content (AvgIpc) is 3.71. The molecule has 0 bridgehead atoms. The summed E-state index contributed by atoms with van der Waals surface area (Å²) in [7, 11) is -3.27. The van der Waals surface area contributed by atoms with Crippen LogP contribution in [0.1, 0.15) is 56.4 Å². The predicted molar refractivity (Wildman–Crippen MR) is 129 cm³/mol. The number of hydrogen-bond donors (Lipinski definition) is 1. The van der Waals surface area contributed by atoms with Crippen LogP contribution in [-0.2, 0) is 14.8 Å². The van der Waals surface area contributed by atoms with E-state index in [0.717, 1.165) is 56.5 Å². The van der Waals surface area contributed by atoms with Crippen LogP contribution in [-0.4, -0.2) is 55.7 Å². The van der Waals surface area contributed by atoms with Gasteiger partial charge in [0.15, 0.2) is 5.82 Å². The van der Waals surface area contributed by atoms with Crippen LogP contribution in [0.4, 0.5) is 10.2 Å². The van der Waals surface area contributed by atoms with Crippen molar-refractivity contribution in [3.05, 3.63) is 54.0 Å². The molecule has 5 rings (SSSR count). The molecule has 0 unspecified atom stereocenters. The van der Waals surface area contributed by atoms with Gasteiger partial charge in [0.05, 0.1) is 18.0 Å². The smallest absolute Gasteiger partial charge is 0.214 e. The van der Waals surface area contributed by atoms with Crippen molar-refractivity contribution in [2.75, 3.05) is 24.6 Å². The van der Waals surface area contributed by atoms with Crippen LogP contribution in [0.15, 0.2) is 42.6 Å². The monoisotopic (exact) mass is 488 g/mol. The molecular weight excluding hydrogens is 455 g/mol. The molecule has 0 radical (unpaired) electrons. The van der Waals surface area contributed by atoms with Crippen molar-refractivity contribution in [1.82, 2.24) is 14.9 Å². The van der Waals surface area contributed by atoms with Crippen molar-refractivity contribution in [3.63, 3.8) is 0 Å². The first-order valence-corrected chi connectivity index (χ1v) is 13.9. The van der Waals surface area contributed by atoms with Crippen LogP contribution < -0.4 is 9.62 Å². The Hall–Kier alpha value is -2.10. The summed E-state index contributed by atoms with van der Waals surface area (Å²) >= 11 is 0. The maximum atomic E-state index is 13.6. The molecule has 2 heterocycles. The number of ether oxygens (including phenoxy) is 1. The number of piperidine rings is 1. The summed E-state index contributed by atoms with van der Waals surface area (Å²) < 4.78 is 48.2. The average molecular weight is 489 g/mol. The summed E-state index contributed by atoms with van der Waals surface area (Å²) in [6, 6.07) is 10.6. The quantitative estimate of drug-likeness (QED) is 0.611. The molecule has 0 spiro atoms. The van der Waals surface area contributed by atoms with Crippen LogP contribution in [0.5, 0.6) is 0 Å². The zero-order chi connectivity index (χ0) is 23.5. The second-order valence-corrected chi connectivity index (χ2v) is 11.9. The standard InChI is InChI=1S/C25H33FN4O3S/c26-21-4-1-3-19(15-21)18-6-8-22(9-7-18)33-17-20-16-30(25-5-2-13-27-28-25)14-12-24(20)29-34(31,32)23-10-11-23/h1-5,13,15,18,20,22-24,29H,6-12,14,16-17H2/t18?,20-,22?,24-/m0/s1. The minimum atomic E-state index is -3.27. The Balaban J connectivity index is 1.20. The molecule has 2 saturated carbocycles. The number of aromatic nitrogens is 2.